The van der Waals surface area contributed by atoms with Gasteiger partial charge >= 0.3 is 5.97 Å². The number of carboxylic acid groups (broad SMARTS) is 1. The second kappa shape index (κ2) is 6.51. The minimum Gasteiger partial charge on any atom is -0.481 e. The van der Waals surface area contributed by atoms with Crippen LogP contribution >= 0.6 is 0 Å². The fourth-order valence-electron chi connectivity index (χ4n) is 1.82. The number of H-pyrrole nitrogens is 1. The molecule has 1 amide bonds. The van der Waals surface area contributed by atoms with Crippen LogP contribution in [0.25, 0.3) is 0 Å². The van der Waals surface area contributed by atoms with Crippen LogP contribution in [-0.4, -0.2) is 27.2 Å². The Bertz CT molecular complexity index is 593. The van der Waals surface area contributed by atoms with E-state index in [1.54, 1.807) is 30.5 Å². The number of aliphatic carboxylic acids is 1. The molecule has 6 heteroatoms. The number of anilines is 1. The second-order valence-corrected chi connectivity index (χ2v) is 4.40. The minimum atomic E-state index is -0.835. The summed E-state index contributed by atoms with van der Waals surface area (Å²) < 4.78 is 0. The van der Waals surface area contributed by atoms with E-state index in [2.05, 4.69) is 15.5 Å². The Kier molecular flexibility index (Phi) is 4.49. The number of carbonyl (C=O) groups is 2. The predicted molar refractivity (Wildman–Crippen MR) is 73.3 cm³/mol. The molecule has 2 rings (SSSR count). The molecule has 3 N–H and O–H groups in total. The summed E-state index contributed by atoms with van der Waals surface area (Å²) >= 11 is 0. The number of rotatable bonds is 6. The first-order valence-corrected chi connectivity index (χ1v) is 6.22. The molecule has 0 atom stereocenters. The van der Waals surface area contributed by atoms with Crippen LogP contribution in [0.5, 0.6) is 0 Å². The summed E-state index contributed by atoms with van der Waals surface area (Å²) in [5.41, 5.74) is 2.29. The van der Waals surface area contributed by atoms with Crippen LogP contribution in [0.3, 0.4) is 0 Å². The molecule has 1 aromatic heterocycles. The summed E-state index contributed by atoms with van der Waals surface area (Å²) in [7, 11) is 0. The Labute approximate surface area is 115 Å². The van der Waals surface area contributed by atoms with Crippen molar-refractivity contribution in [2.75, 3.05) is 5.32 Å². The van der Waals surface area contributed by atoms with Crippen LogP contribution in [0.4, 0.5) is 5.69 Å². The average Bonchev–Trinajstić information content (AvgIpc) is 2.89. The molecule has 0 unspecified atom stereocenters. The van der Waals surface area contributed by atoms with Gasteiger partial charge in [-0.1, -0.05) is 12.1 Å². The predicted octanol–water partition coefficient (Wildman–Crippen LogP) is 1.61. The summed E-state index contributed by atoms with van der Waals surface area (Å²) in [6.07, 6.45) is 2.33. The number of carbonyl (C=O) groups excluding carboxylic acids is 1. The molecule has 0 radical (unpaired) electrons. The van der Waals surface area contributed by atoms with Crippen molar-refractivity contribution in [1.82, 2.24) is 10.2 Å². The zero-order valence-electron chi connectivity index (χ0n) is 10.8. The molecule has 20 heavy (non-hydrogen) atoms. The second-order valence-electron chi connectivity index (χ2n) is 4.40. The SMILES string of the molecule is O=C(O)CCc1cccc(NC(=O)Cc2ccn[nH]2)c1. The van der Waals surface area contributed by atoms with E-state index in [0.29, 0.717) is 12.1 Å². The minimum absolute atomic E-state index is 0.0749. The largest absolute Gasteiger partial charge is 0.481 e. The number of carboxylic acids is 1. The maximum absolute atomic E-state index is 11.8. The Morgan fingerprint density at radius 1 is 1.30 bits per heavy atom. The van der Waals surface area contributed by atoms with Crippen molar-refractivity contribution in [3.8, 4) is 0 Å². The lowest BCUT2D eigenvalue weighted by molar-refractivity contribution is -0.137. The van der Waals surface area contributed by atoms with Gasteiger partial charge in [-0.3, -0.25) is 14.7 Å². The van der Waals surface area contributed by atoms with Gasteiger partial charge in [0.25, 0.3) is 0 Å². The third-order valence-corrected chi connectivity index (χ3v) is 2.75. The molecular weight excluding hydrogens is 258 g/mol. The van der Waals surface area contributed by atoms with Gasteiger partial charge in [0.1, 0.15) is 0 Å². The van der Waals surface area contributed by atoms with Crippen LogP contribution in [0.1, 0.15) is 17.7 Å². The van der Waals surface area contributed by atoms with Crippen LogP contribution < -0.4 is 5.32 Å². The molecule has 0 aliphatic heterocycles. The van der Waals surface area contributed by atoms with Crippen LogP contribution in [0, 0.1) is 0 Å². The van der Waals surface area contributed by atoms with Crippen LogP contribution in [0.15, 0.2) is 36.5 Å². The number of aryl methyl sites for hydroxylation is 1. The third-order valence-electron chi connectivity index (χ3n) is 2.75. The highest BCUT2D eigenvalue weighted by Crippen LogP contribution is 2.12. The van der Waals surface area contributed by atoms with Gasteiger partial charge in [-0.2, -0.15) is 5.10 Å². The number of amides is 1. The Balaban J connectivity index is 1.93. The van der Waals surface area contributed by atoms with Crippen LogP contribution in [-0.2, 0) is 22.4 Å². The number of aromatic amines is 1. The van der Waals surface area contributed by atoms with Gasteiger partial charge < -0.3 is 10.4 Å². The number of hydrogen-bond acceptors (Lipinski definition) is 3. The van der Waals surface area contributed by atoms with Crippen molar-refractivity contribution in [1.29, 1.82) is 0 Å². The summed E-state index contributed by atoms with van der Waals surface area (Å²) in [6.45, 7) is 0. The molecule has 0 aliphatic carbocycles. The molecule has 1 aromatic carbocycles. The maximum Gasteiger partial charge on any atom is 0.303 e. The molecule has 0 bridgehead atoms. The lowest BCUT2D eigenvalue weighted by Crippen LogP contribution is -2.14. The summed E-state index contributed by atoms with van der Waals surface area (Å²) in [6, 6.07) is 8.93. The van der Waals surface area contributed by atoms with Crippen molar-refractivity contribution in [3.05, 3.63) is 47.8 Å². The molecule has 0 saturated carbocycles. The average molecular weight is 273 g/mol. The van der Waals surface area contributed by atoms with Gasteiger partial charge in [0.2, 0.25) is 5.91 Å². The van der Waals surface area contributed by atoms with Gasteiger partial charge in [0, 0.05) is 24.0 Å². The van der Waals surface area contributed by atoms with Gasteiger partial charge in [0.05, 0.1) is 6.42 Å². The highest BCUT2D eigenvalue weighted by atomic mass is 16.4. The monoisotopic (exact) mass is 273 g/mol. The number of hydrogen-bond donors (Lipinski definition) is 3. The van der Waals surface area contributed by atoms with E-state index < -0.39 is 5.97 Å². The third kappa shape index (κ3) is 4.24. The molecular formula is C14H15N3O3. The van der Waals surface area contributed by atoms with Crippen molar-refractivity contribution >= 4 is 17.6 Å². The van der Waals surface area contributed by atoms with Crippen molar-refractivity contribution < 1.29 is 14.7 Å². The molecule has 1 heterocycles. The lowest BCUT2D eigenvalue weighted by Gasteiger charge is -2.06. The zero-order valence-corrected chi connectivity index (χ0v) is 10.8. The summed E-state index contributed by atoms with van der Waals surface area (Å²) in [5.74, 6) is -0.983. The van der Waals surface area contributed by atoms with E-state index in [-0.39, 0.29) is 18.7 Å². The lowest BCUT2D eigenvalue weighted by atomic mass is 10.1. The van der Waals surface area contributed by atoms with E-state index in [9.17, 15) is 9.59 Å². The number of aromatic nitrogens is 2. The molecule has 6 nitrogen and oxygen atoms in total. The molecule has 0 aliphatic rings. The number of benzene rings is 1. The van der Waals surface area contributed by atoms with E-state index in [1.165, 1.54) is 0 Å². The first kappa shape index (κ1) is 13.8. The number of nitrogens with one attached hydrogen (secondary N) is 2. The normalized spacial score (nSPS) is 10.2. The molecule has 0 fully saturated rings. The molecule has 2 aromatic rings. The first-order valence-electron chi connectivity index (χ1n) is 6.22. The van der Waals surface area contributed by atoms with E-state index >= 15 is 0 Å². The van der Waals surface area contributed by atoms with Gasteiger partial charge in [-0.05, 0) is 30.2 Å². The topological polar surface area (TPSA) is 95.1 Å². The Morgan fingerprint density at radius 3 is 2.85 bits per heavy atom. The Hall–Kier alpha value is -2.63. The van der Waals surface area contributed by atoms with E-state index in [0.717, 1.165) is 11.3 Å². The highest BCUT2D eigenvalue weighted by molar-refractivity contribution is 5.92. The maximum atomic E-state index is 11.8. The highest BCUT2D eigenvalue weighted by Gasteiger charge is 2.06. The zero-order chi connectivity index (χ0) is 14.4. The fraction of sp³-hybridized carbons (Fsp3) is 0.214. The van der Waals surface area contributed by atoms with E-state index in [4.69, 9.17) is 5.11 Å². The first-order chi connectivity index (χ1) is 9.63. The smallest absolute Gasteiger partial charge is 0.303 e. The van der Waals surface area contributed by atoms with Gasteiger partial charge in [-0.25, -0.2) is 0 Å². The Morgan fingerprint density at radius 2 is 2.15 bits per heavy atom. The van der Waals surface area contributed by atoms with E-state index in [1.807, 2.05) is 6.07 Å². The molecule has 104 valence electrons. The number of nitrogens with zero attached hydrogens (tertiary/aromatic N) is 1. The summed E-state index contributed by atoms with van der Waals surface area (Å²) in [5, 5.41) is 17.9. The molecule has 0 spiro atoms. The quantitative estimate of drug-likeness (QED) is 0.745. The molecule has 0 saturated heterocycles. The van der Waals surface area contributed by atoms with Gasteiger partial charge in [-0.15, -0.1) is 0 Å². The van der Waals surface area contributed by atoms with Crippen molar-refractivity contribution in [2.24, 2.45) is 0 Å². The summed E-state index contributed by atoms with van der Waals surface area (Å²) in [4.78, 5) is 22.3. The fourth-order valence-corrected chi connectivity index (χ4v) is 1.82. The van der Waals surface area contributed by atoms with Crippen molar-refractivity contribution in [2.45, 2.75) is 19.3 Å². The van der Waals surface area contributed by atoms with Crippen molar-refractivity contribution in [3.63, 3.8) is 0 Å². The van der Waals surface area contributed by atoms with Gasteiger partial charge in [0.15, 0.2) is 0 Å². The van der Waals surface area contributed by atoms with Crippen LogP contribution in [0.2, 0.25) is 0 Å². The standard InChI is InChI=1S/C14H15N3O3/c18-13(9-12-6-7-15-17-12)16-11-3-1-2-10(8-11)4-5-14(19)20/h1-3,6-8H,4-5,9H2,(H,15,17)(H,16,18)(H,19,20).